The SMILES string of the molecule is CCCC(C1=CCC=C1)C(C)(C)C. The quantitative estimate of drug-likeness (QED) is 0.603. The molecule has 0 saturated heterocycles. The topological polar surface area (TPSA) is 0 Å². The average Bonchev–Trinajstić information content (AvgIpc) is 2.49. The molecular formula is C13H22. The summed E-state index contributed by atoms with van der Waals surface area (Å²) in [6.45, 7) is 9.32. The van der Waals surface area contributed by atoms with Crippen molar-refractivity contribution in [3.05, 3.63) is 23.8 Å². The van der Waals surface area contributed by atoms with Crippen molar-refractivity contribution in [3.8, 4) is 0 Å². The summed E-state index contributed by atoms with van der Waals surface area (Å²) in [7, 11) is 0. The van der Waals surface area contributed by atoms with E-state index in [0.29, 0.717) is 5.41 Å². The lowest BCUT2D eigenvalue weighted by Crippen LogP contribution is -2.21. The summed E-state index contributed by atoms with van der Waals surface area (Å²) in [5.41, 5.74) is 1.98. The number of hydrogen-bond donors (Lipinski definition) is 0. The van der Waals surface area contributed by atoms with Crippen LogP contribution in [-0.4, -0.2) is 0 Å². The van der Waals surface area contributed by atoms with E-state index in [4.69, 9.17) is 0 Å². The molecule has 1 unspecified atom stereocenters. The standard InChI is InChI=1S/C13H22/c1-5-8-12(13(2,3)4)11-9-6-7-10-11/h6,9-10,12H,5,7-8H2,1-4H3. The highest BCUT2D eigenvalue weighted by Gasteiger charge is 2.26. The molecule has 0 radical (unpaired) electrons. The number of allylic oxidation sites excluding steroid dienone is 4. The van der Waals surface area contributed by atoms with Crippen LogP contribution in [0.1, 0.15) is 47.0 Å². The molecule has 0 heteroatoms. The summed E-state index contributed by atoms with van der Waals surface area (Å²) in [6.07, 6.45) is 10.7. The fourth-order valence-corrected chi connectivity index (χ4v) is 2.12. The van der Waals surface area contributed by atoms with Gasteiger partial charge in [-0.25, -0.2) is 0 Å². The van der Waals surface area contributed by atoms with E-state index in [1.807, 2.05) is 0 Å². The minimum atomic E-state index is 0.413. The van der Waals surface area contributed by atoms with Crippen molar-refractivity contribution in [3.63, 3.8) is 0 Å². The molecule has 0 bridgehead atoms. The van der Waals surface area contributed by atoms with Gasteiger partial charge in [0, 0.05) is 0 Å². The van der Waals surface area contributed by atoms with E-state index >= 15 is 0 Å². The second-order valence-corrected chi connectivity index (χ2v) is 5.05. The predicted molar refractivity (Wildman–Crippen MR) is 59.7 cm³/mol. The lowest BCUT2D eigenvalue weighted by Gasteiger charge is -2.31. The van der Waals surface area contributed by atoms with Crippen LogP contribution in [0.25, 0.3) is 0 Å². The van der Waals surface area contributed by atoms with Gasteiger partial charge < -0.3 is 0 Å². The Balaban J connectivity index is 2.73. The Bertz CT molecular complexity index is 213. The molecule has 0 aromatic carbocycles. The van der Waals surface area contributed by atoms with Gasteiger partial charge in [0.2, 0.25) is 0 Å². The largest absolute Gasteiger partial charge is 0.0805 e. The maximum Gasteiger partial charge on any atom is -0.0116 e. The predicted octanol–water partition coefficient (Wildman–Crippen LogP) is 4.34. The molecule has 0 saturated carbocycles. The molecule has 0 aromatic heterocycles. The zero-order chi connectivity index (χ0) is 9.90. The monoisotopic (exact) mass is 178 g/mol. The molecule has 74 valence electrons. The van der Waals surface area contributed by atoms with Crippen molar-refractivity contribution in [1.82, 2.24) is 0 Å². The Morgan fingerprint density at radius 3 is 2.46 bits per heavy atom. The summed E-state index contributed by atoms with van der Waals surface area (Å²) in [4.78, 5) is 0. The Kier molecular flexibility index (Phi) is 3.35. The van der Waals surface area contributed by atoms with E-state index in [1.54, 1.807) is 5.57 Å². The molecule has 1 aliphatic rings. The molecule has 0 nitrogen and oxygen atoms in total. The summed E-state index contributed by atoms with van der Waals surface area (Å²) in [6, 6.07) is 0. The van der Waals surface area contributed by atoms with Crippen LogP contribution >= 0.6 is 0 Å². The molecule has 1 aliphatic carbocycles. The third-order valence-electron chi connectivity index (χ3n) is 2.83. The van der Waals surface area contributed by atoms with E-state index < -0.39 is 0 Å². The molecule has 0 aliphatic heterocycles. The van der Waals surface area contributed by atoms with E-state index in [0.717, 1.165) is 12.3 Å². The maximum atomic E-state index is 2.38. The lowest BCUT2D eigenvalue weighted by atomic mass is 9.74. The zero-order valence-corrected chi connectivity index (χ0v) is 9.43. The summed E-state index contributed by atoms with van der Waals surface area (Å²) in [5, 5.41) is 0. The average molecular weight is 178 g/mol. The zero-order valence-electron chi connectivity index (χ0n) is 9.43. The molecular weight excluding hydrogens is 156 g/mol. The number of hydrogen-bond acceptors (Lipinski definition) is 0. The van der Waals surface area contributed by atoms with Crippen LogP contribution in [0.2, 0.25) is 0 Å². The van der Waals surface area contributed by atoms with Crippen LogP contribution in [0.3, 0.4) is 0 Å². The molecule has 0 N–H and O–H groups in total. The Morgan fingerprint density at radius 2 is 2.08 bits per heavy atom. The third-order valence-corrected chi connectivity index (χ3v) is 2.83. The normalized spacial score (nSPS) is 18.9. The summed E-state index contributed by atoms with van der Waals surface area (Å²) < 4.78 is 0. The second kappa shape index (κ2) is 4.13. The first-order valence-corrected chi connectivity index (χ1v) is 5.42. The van der Waals surface area contributed by atoms with Crippen LogP contribution in [0.4, 0.5) is 0 Å². The molecule has 0 heterocycles. The lowest BCUT2D eigenvalue weighted by molar-refractivity contribution is 0.267. The van der Waals surface area contributed by atoms with Gasteiger partial charge in [0.25, 0.3) is 0 Å². The minimum Gasteiger partial charge on any atom is -0.0805 e. The van der Waals surface area contributed by atoms with E-state index in [1.165, 1.54) is 12.8 Å². The van der Waals surface area contributed by atoms with Crippen LogP contribution in [0.15, 0.2) is 23.8 Å². The van der Waals surface area contributed by atoms with Gasteiger partial charge in [-0.1, -0.05) is 52.3 Å². The smallest absolute Gasteiger partial charge is 0.0116 e. The summed E-state index contributed by atoms with van der Waals surface area (Å²) in [5.74, 6) is 0.747. The van der Waals surface area contributed by atoms with Gasteiger partial charge in [-0.05, 0) is 29.7 Å². The van der Waals surface area contributed by atoms with Crippen LogP contribution in [0.5, 0.6) is 0 Å². The van der Waals surface area contributed by atoms with Gasteiger partial charge in [-0.15, -0.1) is 0 Å². The molecule has 1 atom stereocenters. The van der Waals surface area contributed by atoms with Crippen molar-refractivity contribution >= 4 is 0 Å². The number of rotatable bonds is 3. The second-order valence-electron chi connectivity index (χ2n) is 5.05. The first-order valence-electron chi connectivity index (χ1n) is 5.42. The Hall–Kier alpha value is -0.520. The van der Waals surface area contributed by atoms with Gasteiger partial charge in [0.15, 0.2) is 0 Å². The first-order chi connectivity index (χ1) is 6.05. The fraction of sp³-hybridized carbons (Fsp3) is 0.692. The Labute approximate surface area is 82.7 Å². The molecule has 1 rings (SSSR count). The van der Waals surface area contributed by atoms with Crippen molar-refractivity contribution < 1.29 is 0 Å². The maximum absolute atomic E-state index is 2.38. The highest BCUT2D eigenvalue weighted by atomic mass is 14.3. The third kappa shape index (κ3) is 2.72. The highest BCUT2D eigenvalue weighted by Crippen LogP contribution is 2.37. The van der Waals surface area contributed by atoms with E-state index in [2.05, 4.69) is 45.9 Å². The van der Waals surface area contributed by atoms with Crippen molar-refractivity contribution in [1.29, 1.82) is 0 Å². The van der Waals surface area contributed by atoms with Crippen molar-refractivity contribution in [2.45, 2.75) is 47.0 Å². The van der Waals surface area contributed by atoms with E-state index in [-0.39, 0.29) is 0 Å². The Morgan fingerprint density at radius 1 is 1.38 bits per heavy atom. The molecule has 0 aromatic rings. The van der Waals surface area contributed by atoms with Crippen LogP contribution < -0.4 is 0 Å². The molecule has 0 amide bonds. The van der Waals surface area contributed by atoms with Crippen molar-refractivity contribution in [2.24, 2.45) is 11.3 Å². The minimum absolute atomic E-state index is 0.413. The van der Waals surface area contributed by atoms with Gasteiger partial charge in [-0.3, -0.25) is 0 Å². The fourth-order valence-electron chi connectivity index (χ4n) is 2.12. The van der Waals surface area contributed by atoms with Gasteiger partial charge in [0.1, 0.15) is 0 Å². The van der Waals surface area contributed by atoms with Gasteiger partial charge in [-0.2, -0.15) is 0 Å². The first kappa shape index (κ1) is 10.6. The highest BCUT2D eigenvalue weighted by molar-refractivity contribution is 5.29. The summed E-state index contributed by atoms with van der Waals surface area (Å²) >= 11 is 0. The molecule has 0 fully saturated rings. The van der Waals surface area contributed by atoms with Crippen LogP contribution in [0, 0.1) is 11.3 Å². The van der Waals surface area contributed by atoms with Gasteiger partial charge >= 0.3 is 0 Å². The van der Waals surface area contributed by atoms with Crippen molar-refractivity contribution in [2.75, 3.05) is 0 Å². The molecule has 0 spiro atoms. The van der Waals surface area contributed by atoms with Crippen LogP contribution in [-0.2, 0) is 0 Å². The van der Waals surface area contributed by atoms with Gasteiger partial charge in [0.05, 0.1) is 0 Å². The molecule has 13 heavy (non-hydrogen) atoms. The van der Waals surface area contributed by atoms with E-state index in [9.17, 15) is 0 Å².